The topological polar surface area (TPSA) is 125 Å². The highest BCUT2D eigenvalue weighted by Crippen LogP contribution is 2.65. The molecular weight excluding hydrogens is 520 g/mol. The lowest BCUT2D eigenvalue weighted by atomic mass is 9.85. The van der Waals surface area contributed by atoms with Crippen LogP contribution in [0.4, 0.5) is 0 Å². The number of hydrogen-bond acceptors (Lipinski definition) is 5. The van der Waals surface area contributed by atoms with Crippen molar-refractivity contribution in [3.63, 3.8) is 0 Å². The van der Waals surface area contributed by atoms with Crippen molar-refractivity contribution in [2.45, 2.75) is 91.4 Å². The summed E-state index contributed by atoms with van der Waals surface area (Å²) in [6.07, 6.45) is 4.00. The molecule has 1 aliphatic heterocycles. The van der Waals surface area contributed by atoms with E-state index in [1.165, 1.54) is 0 Å². The van der Waals surface area contributed by atoms with E-state index in [1.807, 2.05) is 51.1 Å². The van der Waals surface area contributed by atoms with Crippen molar-refractivity contribution in [2.24, 2.45) is 34.5 Å². The maximum Gasteiger partial charge on any atom is 0.289 e. The Hall–Kier alpha value is -3.23. The van der Waals surface area contributed by atoms with Gasteiger partial charge in [-0.15, -0.1) is 0 Å². The number of carbonyl (C=O) groups excluding carboxylic acids is 5. The molecule has 4 aliphatic rings. The molecule has 1 aromatic carbocycles. The van der Waals surface area contributed by atoms with Crippen LogP contribution in [0.3, 0.4) is 0 Å². The summed E-state index contributed by atoms with van der Waals surface area (Å²) in [6, 6.07) is 6.87. The normalized spacial score (nSPS) is 25.9. The number of benzene rings is 1. The monoisotopic (exact) mass is 564 g/mol. The largest absolute Gasteiger partial charge is 0.345 e. The van der Waals surface area contributed by atoms with Crippen LogP contribution in [0.5, 0.6) is 0 Å². The van der Waals surface area contributed by atoms with Gasteiger partial charge in [-0.1, -0.05) is 77.8 Å². The Labute approximate surface area is 242 Å². The van der Waals surface area contributed by atoms with E-state index in [2.05, 4.69) is 29.8 Å². The smallest absolute Gasteiger partial charge is 0.289 e. The van der Waals surface area contributed by atoms with Gasteiger partial charge in [0.25, 0.3) is 5.91 Å². The zero-order valence-corrected chi connectivity index (χ0v) is 24.9. The fraction of sp³-hybridized carbons (Fsp3) is 0.656. The Morgan fingerprint density at radius 3 is 2.20 bits per heavy atom. The first-order chi connectivity index (χ1) is 19.3. The SMILES string of the molecule is CC1(C)C2CN(C(=O)[C@@H](NC(=O)C3CC3)C(C)(C)C)C(C(=O)NC(CC3CC3)C(=O)C(=O)NCc3ccccc3)C21. The van der Waals surface area contributed by atoms with Gasteiger partial charge in [-0.2, -0.15) is 0 Å². The van der Waals surface area contributed by atoms with Crippen LogP contribution >= 0.6 is 0 Å². The number of carbonyl (C=O) groups is 5. The molecule has 0 radical (unpaired) electrons. The molecule has 9 nitrogen and oxygen atoms in total. The second kappa shape index (κ2) is 10.9. The molecule has 1 saturated heterocycles. The summed E-state index contributed by atoms with van der Waals surface area (Å²) in [4.78, 5) is 68.4. The summed E-state index contributed by atoms with van der Waals surface area (Å²) in [7, 11) is 0. The van der Waals surface area contributed by atoms with Gasteiger partial charge in [-0.05, 0) is 53.4 Å². The molecule has 9 heteroatoms. The molecule has 0 spiro atoms. The highest BCUT2D eigenvalue weighted by Gasteiger charge is 2.70. The molecule has 0 aromatic heterocycles. The van der Waals surface area contributed by atoms with Crippen molar-refractivity contribution in [1.82, 2.24) is 20.9 Å². The van der Waals surface area contributed by atoms with Gasteiger partial charge < -0.3 is 20.9 Å². The van der Waals surface area contributed by atoms with E-state index in [0.29, 0.717) is 18.9 Å². The van der Waals surface area contributed by atoms with Crippen molar-refractivity contribution < 1.29 is 24.0 Å². The molecule has 0 bridgehead atoms. The van der Waals surface area contributed by atoms with Gasteiger partial charge in [-0.25, -0.2) is 0 Å². The quantitative estimate of drug-likeness (QED) is 0.357. The van der Waals surface area contributed by atoms with E-state index >= 15 is 0 Å². The third-order valence-corrected chi connectivity index (χ3v) is 9.53. The van der Waals surface area contributed by atoms with Crippen LogP contribution in [-0.2, 0) is 30.5 Å². The maximum atomic E-state index is 14.0. The third kappa shape index (κ3) is 6.33. The summed E-state index contributed by atoms with van der Waals surface area (Å²) in [6.45, 7) is 10.6. The molecule has 4 unspecified atom stereocenters. The number of nitrogens with one attached hydrogen (secondary N) is 3. The number of fused-ring (bicyclic) bond motifs is 1. The van der Waals surface area contributed by atoms with Crippen molar-refractivity contribution in [2.75, 3.05) is 6.54 Å². The molecule has 1 aromatic rings. The molecule has 3 aliphatic carbocycles. The summed E-state index contributed by atoms with van der Waals surface area (Å²) >= 11 is 0. The Morgan fingerprint density at radius 2 is 1.61 bits per heavy atom. The zero-order chi connectivity index (χ0) is 29.7. The molecule has 4 amide bonds. The number of nitrogens with zero attached hydrogens (tertiary/aromatic N) is 1. The Morgan fingerprint density at radius 1 is 0.951 bits per heavy atom. The first-order valence-electron chi connectivity index (χ1n) is 15.1. The van der Waals surface area contributed by atoms with Crippen LogP contribution in [0.25, 0.3) is 0 Å². The molecule has 5 rings (SSSR count). The molecule has 5 atom stereocenters. The number of rotatable bonds is 11. The highest BCUT2D eigenvalue weighted by atomic mass is 16.2. The fourth-order valence-corrected chi connectivity index (χ4v) is 6.43. The maximum absolute atomic E-state index is 14.0. The van der Waals surface area contributed by atoms with Crippen molar-refractivity contribution in [1.29, 1.82) is 0 Å². The summed E-state index contributed by atoms with van der Waals surface area (Å²) in [5.74, 6) is -1.79. The van der Waals surface area contributed by atoms with E-state index in [1.54, 1.807) is 4.90 Å². The first-order valence-corrected chi connectivity index (χ1v) is 15.1. The molecule has 3 saturated carbocycles. The predicted octanol–water partition coefficient (Wildman–Crippen LogP) is 2.58. The molecule has 3 N–H and O–H groups in total. The Bertz CT molecular complexity index is 1210. The highest BCUT2D eigenvalue weighted by molar-refractivity contribution is 6.38. The van der Waals surface area contributed by atoms with E-state index in [9.17, 15) is 24.0 Å². The number of piperidine rings is 1. The van der Waals surface area contributed by atoms with Gasteiger partial charge in [0.2, 0.25) is 23.5 Å². The third-order valence-electron chi connectivity index (χ3n) is 9.53. The molecule has 41 heavy (non-hydrogen) atoms. The van der Waals surface area contributed by atoms with Gasteiger partial charge >= 0.3 is 0 Å². The standard InChI is InChI=1S/C32H44N4O5/c1-31(2,3)26(35-27(38)20-13-14-20)30(41)36-17-21-23(32(21,4)5)24(36)28(39)34-22(15-18-11-12-18)25(37)29(40)33-16-19-9-7-6-8-10-19/h6-10,18,20-24,26H,11-17H2,1-5H3,(H,33,40)(H,34,39)(H,35,38)/t21?,22?,23?,24?,26-/m1/s1. The van der Waals surface area contributed by atoms with Gasteiger partial charge in [0.05, 0.1) is 6.04 Å². The second-order valence-corrected chi connectivity index (χ2v) is 14.2. The lowest BCUT2D eigenvalue weighted by Gasteiger charge is -2.38. The lowest BCUT2D eigenvalue weighted by molar-refractivity contribution is -0.146. The molecule has 1 heterocycles. The van der Waals surface area contributed by atoms with Crippen molar-refractivity contribution in [3.8, 4) is 0 Å². The van der Waals surface area contributed by atoms with E-state index in [-0.39, 0.29) is 41.5 Å². The minimum Gasteiger partial charge on any atom is -0.345 e. The van der Waals surface area contributed by atoms with Crippen molar-refractivity contribution in [3.05, 3.63) is 35.9 Å². The van der Waals surface area contributed by atoms with Crippen LogP contribution in [0, 0.1) is 34.5 Å². The van der Waals surface area contributed by atoms with Crippen LogP contribution in [0.2, 0.25) is 0 Å². The van der Waals surface area contributed by atoms with Crippen LogP contribution in [0.1, 0.15) is 72.3 Å². The first kappa shape index (κ1) is 29.3. The van der Waals surface area contributed by atoms with Crippen LogP contribution < -0.4 is 16.0 Å². The fourth-order valence-electron chi connectivity index (χ4n) is 6.43. The Kier molecular flexibility index (Phi) is 7.76. The number of Topliss-reactive ketones (excluding diaryl/α,β-unsaturated/α-hetero) is 1. The van der Waals surface area contributed by atoms with E-state index < -0.39 is 41.1 Å². The average Bonchev–Trinajstić information content (AvgIpc) is 3.86. The van der Waals surface area contributed by atoms with E-state index in [0.717, 1.165) is 31.2 Å². The van der Waals surface area contributed by atoms with Gasteiger partial charge in [0, 0.05) is 19.0 Å². The van der Waals surface area contributed by atoms with Crippen LogP contribution in [0.15, 0.2) is 30.3 Å². The van der Waals surface area contributed by atoms with Gasteiger partial charge in [0.15, 0.2) is 0 Å². The molecule has 4 fully saturated rings. The van der Waals surface area contributed by atoms with E-state index in [4.69, 9.17) is 0 Å². The van der Waals surface area contributed by atoms with Gasteiger partial charge in [0.1, 0.15) is 12.1 Å². The number of amides is 4. The number of ketones is 1. The number of hydrogen-bond donors (Lipinski definition) is 3. The summed E-state index contributed by atoms with van der Waals surface area (Å²) < 4.78 is 0. The minimum absolute atomic E-state index is 0.0418. The molecule has 222 valence electrons. The van der Waals surface area contributed by atoms with Gasteiger partial charge in [-0.3, -0.25) is 24.0 Å². The average molecular weight is 565 g/mol. The van der Waals surface area contributed by atoms with Crippen molar-refractivity contribution >= 4 is 29.4 Å². The van der Waals surface area contributed by atoms with Crippen LogP contribution in [-0.4, -0.2) is 59.0 Å². The molecular formula is C32H44N4O5. The summed E-state index contributed by atoms with van der Waals surface area (Å²) in [5, 5.41) is 8.57. The minimum atomic E-state index is -0.948. The zero-order valence-electron chi connectivity index (χ0n) is 24.9. The number of likely N-dealkylation sites (tertiary alicyclic amines) is 1. The Balaban J connectivity index is 1.31. The second-order valence-electron chi connectivity index (χ2n) is 14.2. The predicted molar refractivity (Wildman–Crippen MR) is 153 cm³/mol. The summed E-state index contributed by atoms with van der Waals surface area (Å²) in [5.41, 5.74) is 0.212. The lowest BCUT2D eigenvalue weighted by Crippen LogP contribution is -2.60.